The van der Waals surface area contributed by atoms with Crippen molar-refractivity contribution in [2.45, 2.75) is 27.2 Å². The fraction of sp³-hybridized carbons (Fsp3) is 0.222. The standard InChI is InChI=1S/C18H17ClN4OS/c1-10-5-4-6-14(19)13(10)8-15(24)16-9-20-18(25-16)23-17-7-11(2)21-12(3)22-17/h4-7,9H,8H2,1-3H3,(H,20,21,22,23). The Kier molecular flexibility index (Phi) is 5.11. The molecule has 128 valence electrons. The molecule has 0 atom stereocenters. The minimum absolute atomic E-state index is 0.00296. The topological polar surface area (TPSA) is 67.8 Å². The van der Waals surface area contributed by atoms with Crippen LogP contribution in [0, 0.1) is 20.8 Å². The van der Waals surface area contributed by atoms with Crippen LogP contribution >= 0.6 is 22.9 Å². The third kappa shape index (κ3) is 4.21. The highest BCUT2D eigenvalue weighted by molar-refractivity contribution is 7.17. The van der Waals surface area contributed by atoms with E-state index >= 15 is 0 Å². The molecule has 0 saturated heterocycles. The van der Waals surface area contributed by atoms with Gasteiger partial charge in [-0.3, -0.25) is 4.79 Å². The second-order valence-corrected chi connectivity index (χ2v) is 7.17. The zero-order valence-electron chi connectivity index (χ0n) is 14.1. The summed E-state index contributed by atoms with van der Waals surface area (Å²) in [5.41, 5.74) is 2.74. The Labute approximate surface area is 155 Å². The smallest absolute Gasteiger partial charge is 0.188 e. The van der Waals surface area contributed by atoms with Crippen LogP contribution in [0.3, 0.4) is 0 Å². The summed E-state index contributed by atoms with van der Waals surface area (Å²) in [5.74, 6) is 1.35. The summed E-state index contributed by atoms with van der Waals surface area (Å²) in [4.78, 5) is 26.0. The number of carbonyl (C=O) groups excluding carboxylic acids is 1. The average Bonchev–Trinajstić information content (AvgIpc) is 2.98. The first kappa shape index (κ1) is 17.5. The number of Topliss-reactive ketones (excluding diaryl/α,β-unsaturated/α-hetero) is 1. The lowest BCUT2D eigenvalue weighted by molar-refractivity contribution is 0.0996. The number of anilines is 2. The zero-order valence-corrected chi connectivity index (χ0v) is 15.7. The predicted octanol–water partition coefficient (Wildman–Crippen LogP) is 4.68. The number of nitrogens with one attached hydrogen (secondary N) is 1. The van der Waals surface area contributed by atoms with E-state index in [2.05, 4.69) is 20.3 Å². The van der Waals surface area contributed by atoms with Crippen LogP contribution in [0.25, 0.3) is 0 Å². The van der Waals surface area contributed by atoms with Crippen LogP contribution in [0.15, 0.2) is 30.5 Å². The van der Waals surface area contributed by atoms with Crippen molar-refractivity contribution in [3.05, 3.63) is 63.0 Å². The predicted molar refractivity (Wildman–Crippen MR) is 101 cm³/mol. The van der Waals surface area contributed by atoms with E-state index in [0.717, 1.165) is 16.8 Å². The molecule has 1 N–H and O–H groups in total. The largest absolute Gasteiger partial charge is 0.316 e. The molecule has 0 saturated carbocycles. The number of hydrogen-bond donors (Lipinski definition) is 1. The van der Waals surface area contributed by atoms with Gasteiger partial charge in [-0.15, -0.1) is 0 Å². The van der Waals surface area contributed by atoms with Gasteiger partial charge in [-0.05, 0) is 38.0 Å². The fourth-order valence-corrected chi connectivity index (χ4v) is 3.54. The first-order chi connectivity index (χ1) is 11.9. The number of carbonyl (C=O) groups is 1. The molecule has 5 nitrogen and oxygen atoms in total. The first-order valence-electron chi connectivity index (χ1n) is 7.74. The highest BCUT2D eigenvalue weighted by Crippen LogP contribution is 2.26. The van der Waals surface area contributed by atoms with Gasteiger partial charge in [0.05, 0.1) is 11.1 Å². The summed E-state index contributed by atoms with van der Waals surface area (Å²) < 4.78 is 0. The highest BCUT2D eigenvalue weighted by atomic mass is 35.5. The fourth-order valence-electron chi connectivity index (χ4n) is 2.49. The minimum atomic E-state index is -0.00296. The highest BCUT2D eigenvalue weighted by Gasteiger charge is 2.15. The molecule has 2 heterocycles. The summed E-state index contributed by atoms with van der Waals surface area (Å²) in [5, 5.41) is 4.36. The van der Waals surface area contributed by atoms with Crippen molar-refractivity contribution in [2.75, 3.05) is 5.32 Å². The number of aromatic nitrogens is 3. The molecule has 0 radical (unpaired) electrons. The van der Waals surface area contributed by atoms with E-state index in [0.29, 0.717) is 26.7 Å². The van der Waals surface area contributed by atoms with Crippen molar-refractivity contribution in [1.82, 2.24) is 15.0 Å². The number of halogens is 1. The Morgan fingerprint density at radius 2 is 2.04 bits per heavy atom. The second-order valence-electron chi connectivity index (χ2n) is 5.73. The summed E-state index contributed by atoms with van der Waals surface area (Å²) >= 11 is 7.52. The minimum Gasteiger partial charge on any atom is -0.316 e. The Hall–Kier alpha value is -2.31. The van der Waals surface area contributed by atoms with Crippen LogP contribution in [-0.4, -0.2) is 20.7 Å². The van der Waals surface area contributed by atoms with Crippen LogP contribution < -0.4 is 5.32 Å². The van der Waals surface area contributed by atoms with E-state index in [4.69, 9.17) is 11.6 Å². The SMILES string of the molecule is Cc1cc(Nc2ncc(C(=O)Cc3c(C)cccc3Cl)s2)nc(C)n1. The van der Waals surface area contributed by atoms with Crippen molar-refractivity contribution >= 4 is 39.7 Å². The van der Waals surface area contributed by atoms with Gasteiger partial charge in [0, 0.05) is 23.2 Å². The van der Waals surface area contributed by atoms with Gasteiger partial charge >= 0.3 is 0 Å². The van der Waals surface area contributed by atoms with Crippen LogP contribution in [0.1, 0.15) is 32.3 Å². The van der Waals surface area contributed by atoms with Crippen molar-refractivity contribution < 1.29 is 4.79 Å². The Bertz CT molecular complexity index is 898. The maximum Gasteiger partial charge on any atom is 0.188 e. The van der Waals surface area contributed by atoms with E-state index in [1.165, 1.54) is 11.3 Å². The summed E-state index contributed by atoms with van der Waals surface area (Å²) in [6, 6.07) is 7.47. The molecular formula is C18H17ClN4OS. The van der Waals surface area contributed by atoms with Gasteiger partial charge in [-0.1, -0.05) is 35.1 Å². The quantitative estimate of drug-likeness (QED) is 0.658. The molecule has 3 rings (SSSR count). The van der Waals surface area contributed by atoms with E-state index in [-0.39, 0.29) is 12.2 Å². The van der Waals surface area contributed by atoms with Gasteiger partial charge in [-0.25, -0.2) is 15.0 Å². The summed E-state index contributed by atoms with van der Waals surface area (Å²) in [6.45, 7) is 5.69. The number of rotatable bonds is 5. The molecule has 2 aromatic heterocycles. The Morgan fingerprint density at radius 3 is 2.76 bits per heavy atom. The van der Waals surface area contributed by atoms with E-state index in [1.54, 1.807) is 12.3 Å². The third-order valence-electron chi connectivity index (χ3n) is 3.67. The number of thiazole rings is 1. The van der Waals surface area contributed by atoms with Gasteiger partial charge in [0.25, 0.3) is 0 Å². The molecular weight excluding hydrogens is 356 g/mol. The monoisotopic (exact) mass is 372 g/mol. The van der Waals surface area contributed by atoms with Crippen LogP contribution in [0.2, 0.25) is 5.02 Å². The molecule has 0 aliphatic rings. The average molecular weight is 373 g/mol. The lowest BCUT2D eigenvalue weighted by Crippen LogP contribution is -2.03. The Morgan fingerprint density at radius 1 is 1.24 bits per heavy atom. The molecule has 1 aromatic carbocycles. The van der Waals surface area contributed by atoms with E-state index < -0.39 is 0 Å². The number of nitrogens with zero attached hydrogens (tertiary/aromatic N) is 3. The Balaban J connectivity index is 1.75. The van der Waals surface area contributed by atoms with Gasteiger partial charge in [0.2, 0.25) is 0 Å². The van der Waals surface area contributed by atoms with Crippen molar-refractivity contribution in [1.29, 1.82) is 0 Å². The van der Waals surface area contributed by atoms with Gasteiger partial charge in [0.15, 0.2) is 10.9 Å². The molecule has 3 aromatic rings. The summed E-state index contributed by atoms with van der Waals surface area (Å²) in [6.07, 6.45) is 1.85. The van der Waals surface area contributed by atoms with Gasteiger partial charge < -0.3 is 5.32 Å². The number of benzene rings is 1. The maximum absolute atomic E-state index is 12.6. The van der Waals surface area contributed by atoms with Gasteiger partial charge in [-0.2, -0.15) is 0 Å². The molecule has 7 heteroatoms. The molecule has 0 bridgehead atoms. The van der Waals surface area contributed by atoms with Crippen molar-refractivity contribution in [2.24, 2.45) is 0 Å². The number of ketones is 1. The van der Waals surface area contributed by atoms with Crippen LogP contribution in [0.4, 0.5) is 10.9 Å². The molecule has 0 unspecified atom stereocenters. The van der Waals surface area contributed by atoms with Crippen LogP contribution in [-0.2, 0) is 6.42 Å². The molecule has 0 aliphatic heterocycles. The second kappa shape index (κ2) is 7.29. The normalized spacial score (nSPS) is 10.7. The lowest BCUT2D eigenvalue weighted by Gasteiger charge is -2.06. The number of hydrogen-bond acceptors (Lipinski definition) is 6. The first-order valence-corrected chi connectivity index (χ1v) is 8.94. The van der Waals surface area contributed by atoms with E-state index in [1.807, 2.05) is 39.0 Å². The lowest BCUT2D eigenvalue weighted by atomic mass is 10.0. The molecule has 0 amide bonds. The molecule has 0 aliphatic carbocycles. The van der Waals surface area contributed by atoms with Crippen molar-refractivity contribution in [3.63, 3.8) is 0 Å². The maximum atomic E-state index is 12.6. The van der Waals surface area contributed by atoms with Gasteiger partial charge in [0.1, 0.15) is 11.6 Å². The molecule has 25 heavy (non-hydrogen) atoms. The molecule has 0 spiro atoms. The van der Waals surface area contributed by atoms with E-state index in [9.17, 15) is 4.79 Å². The van der Waals surface area contributed by atoms with Crippen molar-refractivity contribution in [3.8, 4) is 0 Å². The zero-order chi connectivity index (χ0) is 18.0. The summed E-state index contributed by atoms with van der Waals surface area (Å²) in [7, 11) is 0. The third-order valence-corrected chi connectivity index (χ3v) is 4.98. The number of aryl methyl sites for hydroxylation is 3. The van der Waals surface area contributed by atoms with Crippen LogP contribution in [0.5, 0.6) is 0 Å². The molecule has 0 fully saturated rings.